The average molecular weight is 330 g/mol. The van der Waals surface area contributed by atoms with Crippen molar-refractivity contribution in [3.8, 4) is 0 Å². The smallest absolute Gasteiger partial charge is 0.225 e. The van der Waals surface area contributed by atoms with E-state index < -0.39 is 0 Å². The van der Waals surface area contributed by atoms with Gasteiger partial charge in [-0.1, -0.05) is 5.16 Å². The zero-order valence-corrected chi connectivity index (χ0v) is 14.0. The first-order valence-electron chi connectivity index (χ1n) is 8.10. The highest BCUT2D eigenvalue weighted by atomic mass is 16.5. The third kappa shape index (κ3) is 3.98. The van der Waals surface area contributed by atoms with Gasteiger partial charge in [-0.2, -0.15) is 4.98 Å². The van der Waals surface area contributed by atoms with Crippen molar-refractivity contribution in [1.29, 1.82) is 0 Å². The van der Waals surface area contributed by atoms with E-state index in [4.69, 9.17) is 4.52 Å². The Bertz CT molecular complexity index is 663. The van der Waals surface area contributed by atoms with E-state index in [-0.39, 0.29) is 0 Å². The number of anilines is 1. The van der Waals surface area contributed by atoms with Crippen LogP contribution in [0.3, 0.4) is 0 Å². The number of piperazine rings is 1. The fourth-order valence-corrected chi connectivity index (χ4v) is 2.55. The lowest BCUT2D eigenvalue weighted by Crippen LogP contribution is -2.53. The van der Waals surface area contributed by atoms with E-state index in [1.807, 2.05) is 6.07 Å². The molecule has 0 bridgehead atoms. The van der Waals surface area contributed by atoms with E-state index in [0.717, 1.165) is 44.6 Å². The number of guanidine groups is 1. The lowest BCUT2D eigenvalue weighted by Gasteiger charge is -2.36. The molecule has 2 aromatic heterocycles. The molecule has 0 atom stereocenters. The quantitative estimate of drug-likeness (QED) is 0.638. The number of aliphatic imine (C=N–C) groups is 1. The summed E-state index contributed by atoms with van der Waals surface area (Å²) in [4.78, 5) is 21.8. The second-order valence-electron chi connectivity index (χ2n) is 5.42. The molecule has 1 fully saturated rings. The molecular formula is C15H22N8O. The Labute approximate surface area is 140 Å². The predicted molar refractivity (Wildman–Crippen MR) is 89.7 cm³/mol. The summed E-state index contributed by atoms with van der Waals surface area (Å²) in [5.41, 5.74) is 0. The Hall–Kier alpha value is -2.71. The van der Waals surface area contributed by atoms with Crippen LogP contribution in [0.1, 0.15) is 18.6 Å². The van der Waals surface area contributed by atoms with Crippen LogP contribution in [0, 0.1) is 6.92 Å². The van der Waals surface area contributed by atoms with E-state index in [0.29, 0.717) is 18.3 Å². The lowest BCUT2D eigenvalue weighted by atomic mass is 10.3. The van der Waals surface area contributed by atoms with E-state index >= 15 is 0 Å². The molecule has 3 heterocycles. The summed E-state index contributed by atoms with van der Waals surface area (Å²) in [6.45, 7) is 8.47. The number of rotatable bonds is 4. The molecule has 3 rings (SSSR count). The standard InChI is InChI=1S/C15H22N8O/c1-3-16-14(19-11-13-20-12(2)24-21-13)22-7-9-23(10-8-22)15-17-5-4-6-18-15/h4-6H,3,7-11H2,1-2H3,(H,16,19). The van der Waals surface area contributed by atoms with Crippen molar-refractivity contribution in [3.63, 3.8) is 0 Å². The maximum atomic E-state index is 4.98. The summed E-state index contributed by atoms with van der Waals surface area (Å²) in [6.07, 6.45) is 3.54. The van der Waals surface area contributed by atoms with Gasteiger partial charge in [0.05, 0.1) is 0 Å². The molecule has 2 aromatic rings. The fraction of sp³-hybridized carbons (Fsp3) is 0.533. The molecule has 0 aromatic carbocycles. The minimum atomic E-state index is 0.404. The van der Waals surface area contributed by atoms with Crippen molar-refractivity contribution in [2.24, 2.45) is 4.99 Å². The highest BCUT2D eigenvalue weighted by Crippen LogP contribution is 2.10. The van der Waals surface area contributed by atoms with E-state index in [9.17, 15) is 0 Å². The number of nitrogens with zero attached hydrogens (tertiary/aromatic N) is 7. The highest BCUT2D eigenvalue weighted by molar-refractivity contribution is 5.80. The van der Waals surface area contributed by atoms with Gasteiger partial charge in [-0.05, 0) is 13.0 Å². The van der Waals surface area contributed by atoms with Crippen molar-refractivity contribution >= 4 is 11.9 Å². The number of aromatic nitrogens is 4. The first-order chi connectivity index (χ1) is 11.8. The van der Waals surface area contributed by atoms with Crippen LogP contribution in [0.15, 0.2) is 28.0 Å². The molecule has 1 N–H and O–H groups in total. The van der Waals surface area contributed by atoms with Crippen LogP contribution < -0.4 is 10.2 Å². The van der Waals surface area contributed by atoms with Crippen LogP contribution in [0.5, 0.6) is 0 Å². The number of hydrogen-bond acceptors (Lipinski definition) is 7. The monoisotopic (exact) mass is 330 g/mol. The Morgan fingerprint density at radius 1 is 1.25 bits per heavy atom. The zero-order chi connectivity index (χ0) is 16.8. The van der Waals surface area contributed by atoms with E-state index in [2.05, 4.69) is 47.1 Å². The molecule has 24 heavy (non-hydrogen) atoms. The van der Waals surface area contributed by atoms with Gasteiger partial charge < -0.3 is 19.6 Å². The molecule has 9 nitrogen and oxygen atoms in total. The molecule has 0 unspecified atom stereocenters. The molecule has 0 radical (unpaired) electrons. The molecule has 0 spiro atoms. The van der Waals surface area contributed by atoms with Gasteiger partial charge in [-0.25, -0.2) is 15.0 Å². The van der Waals surface area contributed by atoms with Crippen molar-refractivity contribution in [2.45, 2.75) is 20.4 Å². The maximum absolute atomic E-state index is 4.98. The molecule has 128 valence electrons. The summed E-state index contributed by atoms with van der Waals surface area (Å²) in [5, 5.41) is 7.20. The third-order valence-electron chi connectivity index (χ3n) is 3.69. The van der Waals surface area contributed by atoms with Crippen molar-refractivity contribution < 1.29 is 4.52 Å². The summed E-state index contributed by atoms with van der Waals surface area (Å²) in [7, 11) is 0. The van der Waals surface area contributed by atoms with Gasteiger partial charge in [0.2, 0.25) is 11.8 Å². The fourth-order valence-electron chi connectivity index (χ4n) is 2.55. The van der Waals surface area contributed by atoms with Crippen LogP contribution in [-0.2, 0) is 6.54 Å². The van der Waals surface area contributed by atoms with Crippen LogP contribution in [0.4, 0.5) is 5.95 Å². The summed E-state index contributed by atoms with van der Waals surface area (Å²) in [5.74, 6) is 2.80. The Morgan fingerprint density at radius 3 is 2.62 bits per heavy atom. The van der Waals surface area contributed by atoms with Gasteiger partial charge in [-0.15, -0.1) is 0 Å². The largest absolute Gasteiger partial charge is 0.357 e. The molecular weight excluding hydrogens is 308 g/mol. The molecule has 9 heteroatoms. The first-order valence-corrected chi connectivity index (χ1v) is 8.10. The van der Waals surface area contributed by atoms with Crippen molar-refractivity contribution in [2.75, 3.05) is 37.6 Å². The Balaban J connectivity index is 1.61. The van der Waals surface area contributed by atoms with Crippen molar-refractivity contribution in [3.05, 3.63) is 30.2 Å². The minimum Gasteiger partial charge on any atom is -0.357 e. The van der Waals surface area contributed by atoms with Crippen LogP contribution >= 0.6 is 0 Å². The molecule has 0 saturated carbocycles. The highest BCUT2D eigenvalue weighted by Gasteiger charge is 2.21. The summed E-state index contributed by atoms with van der Waals surface area (Å²) < 4.78 is 4.98. The number of hydrogen-bond donors (Lipinski definition) is 1. The van der Waals surface area contributed by atoms with Gasteiger partial charge in [0, 0.05) is 52.0 Å². The van der Waals surface area contributed by atoms with Crippen LogP contribution in [-0.4, -0.2) is 63.7 Å². The minimum absolute atomic E-state index is 0.404. The Morgan fingerprint density at radius 2 is 2.00 bits per heavy atom. The Kier molecular flexibility index (Phi) is 5.19. The van der Waals surface area contributed by atoms with E-state index in [1.54, 1.807) is 19.3 Å². The van der Waals surface area contributed by atoms with Crippen LogP contribution in [0.25, 0.3) is 0 Å². The maximum Gasteiger partial charge on any atom is 0.225 e. The van der Waals surface area contributed by atoms with Crippen molar-refractivity contribution in [1.82, 2.24) is 30.3 Å². The second kappa shape index (κ2) is 7.71. The van der Waals surface area contributed by atoms with Crippen LogP contribution in [0.2, 0.25) is 0 Å². The molecule has 1 saturated heterocycles. The predicted octanol–water partition coefficient (Wildman–Crippen LogP) is 0.456. The zero-order valence-electron chi connectivity index (χ0n) is 14.0. The number of nitrogens with one attached hydrogen (secondary N) is 1. The molecule has 0 amide bonds. The summed E-state index contributed by atoms with van der Waals surface area (Å²) >= 11 is 0. The van der Waals surface area contributed by atoms with Gasteiger partial charge in [-0.3, -0.25) is 0 Å². The van der Waals surface area contributed by atoms with Gasteiger partial charge in [0.15, 0.2) is 11.8 Å². The SMILES string of the molecule is CCNC(=NCc1noc(C)n1)N1CCN(c2ncccn2)CC1. The second-order valence-corrected chi connectivity index (χ2v) is 5.42. The topological polar surface area (TPSA) is 95.6 Å². The number of aryl methyl sites for hydroxylation is 1. The summed E-state index contributed by atoms with van der Waals surface area (Å²) in [6, 6.07) is 1.83. The third-order valence-corrected chi connectivity index (χ3v) is 3.69. The van der Waals surface area contributed by atoms with Gasteiger partial charge in [0.25, 0.3) is 0 Å². The lowest BCUT2D eigenvalue weighted by molar-refractivity contribution is 0.369. The van der Waals surface area contributed by atoms with Gasteiger partial charge in [0.1, 0.15) is 6.54 Å². The van der Waals surface area contributed by atoms with E-state index in [1.165, 1.54) is 0 Å². The molecule has 1 aliphatic rings. The molecule has 1 aliphatic heterocycles. The normalized spacial score (nSPS) is 15.7. The average Bonchev–Trinajstić information content (AvgIpc) is 3.05. The first kappa shape index (κ1) is 16.2. The molecule has 0 aliphatic carbocycles. The van der Waals surface area contributed by atoms with Gasteiger partial charge >= 0.3 is 0 Å².